The van der Waals surface area contributed by atoms with Crippen molar-refractivity contribution in [2.45, 2.75) is 32.6 Å². The van der Waals surface area contributed by atoms with Gasteiger partial charge in [-0.05, 0) is 31.2 Å². The van der Waals surface area contributed by atoms with Crippen molar-refractivity contribution in [3.05, 3.63) is 0 Å². The fourth-order valence-electron chi connectivity index (χ4n) is 3.45. The number of likely N-dealkylation sites (tertiary alicyclic amines) is 1. The Bertz CT molecular complexity index is 228. The van der Waals surface area contributed by atoms with Crippen molar-refractivity contribution in [2.24, 2.45) is 10.8 Å². The van der Waals surface area contributed by atoms with E-state index in [9.17, 15) is 0 Å². The lowest BCUT2D eigenvalue weighted by atomic mass is 9.68. The average Bonchev–Trinajstić information content (AvgIpc) is 2.45. The Morgan fingerprint density at radius 3 is 2.43 bits per heavy atom. The van der Waals surface area contributed by atoms with Crippen LogP contribution < -0.4 is 5.32 Å². The summed E-state index contributed by atoms with van der Waals surface area (Å²) in [5, 5.41) is 3.40. The predicted molar refractivity (Wildman–Crippen MR) is 58.3 cm³/mol. The second-order valence-corrected chi connectivity index (χ2v) is 6.23. The third kappa shape index (κ3) is 1.40. The predicted octanol–water partition coefficient (Wildman–Crippen LogP) is 1.47. The van der Waals surface area contributed by atoms with Crippen LogP contribution in [-0.2, 0) is 0 Å². The molecule has 0 amide bonds. The Balaban J connectivity index is 1.55. The first-order chi connectivity index (χ1) is 6.70. The van der Waals surface area contributed by atoms with E-state index in [0.29, 0.717) is 5.41 Å². The highest BCUT2D eigenvalue weighted by molar-refractivity contribution is 4.99. The van der Waals surface area contributed by atoms with Crippen LogP contribution in [0.1, 0.15) is 32.6 Å². The van der Waals surface area contributed by atoms with Crippen LogP contribution in [0, 0.1) is 10.8 Å². The smallest absolute Gasteiger partial charge is 0.00599 e. The van der Waals surface area contributed by atoms with Crippen LogP contribution in [0.4, 0.5) is 0 Å². The van der Waals surface area contributed by atoms with Gasteiger partial charge in [0.2, 0.25) is 0 Å². The Hall–Kier alpha value is -0.0800. The van der Waals surface area contributed by atoms with Gasteiger partial charge in [-0.1, -0.05) is 13.3 Å². The van der Waals surface area contributed by atoms with Crippen LogP contribution in [0.3, 0.4) is 0 Å². The third-order valence-corrected chi connectivity index (χ3v) is 4.64. The molecular formula is C12H22N2. The van der Waals surface area contributed by atoms with E-state index in [-0.39, 0.29) is 0 Å². The number of nitrogens with one attached hydrogen (secondary N) is 1. The molecule has 0 aromatic rings. The van der Waals surface area contributed by atoms with E-state index in [2.05, 4.69) is 17.1 Å². The lowest BCUT2D eigenvalue weighted by Crippen LogP contribution is -2.57. The van der Waals surface area contributed by atoms with Crippen LogP contribution >= 0.6 is 0 Å². The summed E-state index contributed by atoms with van der Waals surface area (Å²) in [6.45, 7) is 9.00. The summed E-state index contributed by atoms with van der Waals surface area (Å²) < 4.78 is 0. The van der Waals surface area contributed by atoms with E-state index in [1.807, 2.05) is 0 Å². The standard InChI is InChI=1S/C12H22N2/c1-11(7-13-8-11)9-14-6-5-12(10-14)3-2-4-12/h13H,2-10H2,1H3. The zero-order chi connectivity index (χ0) is 9.65. The van der Waals surface area contributed by atoms with E-state index >= 15 is 0 Å². The molecule has 3 fully saturated rings. The first kappa shape index (κ1) is 9.17. The Morgan fingerprint density at radius 1 is 1.21 bits per heavy atom. The minimum Gasteiger partial charge on any atom is -0.315 e. The minimum absolute atomic E-state index is 0.593. The molecule has 0 aromatic heterocycles. The molecule has 80 valence electrons. The normalized spacial score (nSPS) is 34.1. The Morgan fingerprint density at radius 2 is 2.00 bits per heavy atom. The van der Waals surface area contributed by atoms with Gasteiger partial charge in [-0.15, -0.1) is 0 Å². The number of nitrogens with zero attached hydrogens (tertiary/aromatic N) is 1. The molecule has 2 saturated heterocycles. The van der Waals surface area contributed by atoms with Crippen molar-refractivity contribution in [3.63, 3.8) is 0 Å². The maximum absolute atomic E-state index is 3.40. The molecule has 1 saturated carbocycles. The molecule has 0 unspecified atom stereocenters. The monoisotopic (exact) mass is 194 g/mol. The van der Waals surface area contributed by atoms with Crippen LogP contribution in [0.5, 0.6) is 0 Å². The number of hydrogen-bond acceptors (Lipinski definition) is 2. The van der Waals surface area contributed by atoms with E-state index in [0.717, 1.165) is 5.41 Å². The lowest BCUT2D eigenvalue weighted by molar-refractivity contribution is 0.0931. The summed E-state index contributed by atoms with van der Waals surface area (Å²) in [6, 6.07) is 0. The van der Waals surface area contributed by atoms with Gasteiger partial charge in [-0.2, -0.15) is 0 Å². The van der Waals surface area contributed by atoms with E-state index in [4.69, 9.17) is 0 Å². The topological polar surface area (TPSA) is 15.3 Å². The molecule has 1 spiro atoms. The van der Waals surface area contributed by atoms with Crippen molar-refractivity contribution in [3.8, 4) is 0 Å². The summed E-state index contributed by atoms with van der Waals surface area (Å²) >= 11 is 0. The molecule has 2 heteroatoms. The summed E-state index contributed by atoms with van der Waals surface area (Å²) in [7, 11) is 0. The van der Waals surface area contributed by atoms with Crippen LogP contribution in [0.15, 0.2) is 0 Å². The van der Waals surface area contributed by atoms with Crippen molar-refractivity contribution in [1.29, 1.82) is 0 Å². The SMILES string of the molecule is CC1(CN2CCC3(CCC3)C2)CNC1. The third-order valence-electron chi connectivity index (χ3n) is 4.64. The van der Waals surface area contributed by atoms with Gasteiger partial charge in [0.1, 0.15) is 0 Å². The Kier molecular flexibility index (Phi) is 1.94. The van der Waals surface area contributed by atoms with Crippen molar-refractivity contribution < 1.29 is 0 Å². The number of rotatable bonds is 2. The van der Waals surface area contributed by atoms with Crippen LogP contribution in [0.2, 0.25) is 0 Å². The van der Waals surface area contributed by atoms with Gasteiger partial charge in [-0.3, -0.25) is 0 Å². The van der Waals surface area contributed by atoms with Gasteiger partial charge in [-0.25, -0.2) is 0 Å². The van der Waals surface area contributed by atoms with Gasteiger partial charge in [0.25, 0.3) is 0 Å². The van der Waals surface area contributed by atoms with Crippen LogP contribution in [-0.4, -0.2) is 37.6 Å². The largest absolute Gasteiger partial charge is 0.315 e. The van der Waals surface area contributed by atoms with Crippen molar-refractivity contribution in [1.82, 2.24) is 10.2 Å². The first-order valence-electron chi connectivity index (χ1n) is 6.13. The van der Waals surface area contributed by atoms with Crippen LogP contribution in [0.25, 0.3) is 0 Å². The van der Waals surface area contributed by atoms with Gasteiger partial charge in [0.05, 0.1) is 0 Å². The molecule has 0 atom stereocenters. The van der Waals surface area contributed by atoms with Gasteiger partial charge in [0, 0.05) is 31.6 Å². The quantitative estimate of drug-likeness (QED) is 0.716. The minimum atomic E-state index is 0.593. The highest BCUT2D eigenvalue weighted by Crippen LogP contribution is 2.48. The zero-order valence-electron chi connectivity index (χ0n) is 9.31. The summed E-state index contributed by atoms with van der Waals surface area (Å²) in [5.41, 5.74) is 1.38. The highest BCUT2D eigenvalue weighted by atomic mass is 15.2. The maximum atomic E-state index is 3.40. The molecule has 0 aromatic carbocycles. The van der Waals surface area contributed by atoms with Crippen molar-refractivity contribution in [2.75, 3.05) is 32.7 Å². The molecule has 0 bridgehead atoms. The van der Waals surface area contributed by atoms with E-state index < -0.39 is 0 Å². The zero-order valence-corrected chi connectivity index (χ0v) is 9.31. The summed E-state index contributed by atoms with van der Waals surface area (Å²) in [6.07, 6.45) is 6.00. The molecule has 1 N–H and O–H groups in total. The molecular weight excluding hydrogens is 172 g/mol. The second-order valence-electron chi connectivity index (χ2n) is 6.23. The second kappa shape index (κ2) is 2.96. The van der Waals surface area contributed by atoms with Gasteiger partial charge in [0.15, 0.2) is 0 Å². The fraction of sp³-hybridized carbons (Fsp3) is 1.00. The molecule has 2 heterocycles. The maximum Gasteiger partial charge on any atom is 0.00599 e. The first-order valence-corrected chi connectivity index (χ1v) is 6.13. The molecule has 2 aliphatic heterocycles. The lowest BCUT2D eigenvalue weighted by Gasteiger charge is -2.43. The number of hydrogen-bond donors (Lipinski definition) is 1. The molecule has 2 nitrogen and oxygen atoms in total. The van der Waals surface area contributed by atoms with E-state index in [1.54, 1.807) is 0 Å². The van der Waals surface area contributed by atoms with Crippen molar-refractivity contribution >= 4 is 0 Å². The molecule has 14 heavy (non-hydrogen) atoms. The summed E-state index contributed by atoms with van der Waals surface area (Å²) in [5.74, 6) is 0. The molecule has 3 rings (SSSR count). The molecule has 3 aliphatic rings. The summed E-state index contributed by atoms with van der Waals surface area (Å²) in [4.78, 5) is 2.72. The fourth-order valence-corrected chi connectivity index (χ4v) is 3.45. The molecule has 0 radical (unpaired) electrons. The van der Waals surface area contributed by atoms with Gasteiger partial charge < -0.3 is 10.2 Å². The van der Waals surface area contributed by atoms with Gasteiger partial charge >= 0.3 is 0 Å². The van der Waals surface area contributed by atoms with E-state index in [1.165, 1.54) is 58.4 Å². The molecule has 1 aliphatic carbocycles. The highest BCUT2D eigenvalue weighted by Gasteiger charge is 2.44. The Labute approximate surface area is 87.0 Å². The average molecular weight is 194 g/mol.